The smallest absolute Gasteiger partial charge is 0.204 e. The normalized spacial score (nSPS) is 13.1. The molecule has 0 saturated heterocycles. The van der Waals surface area contributed by atoms with Crippen LogP contribution >= 0.6 is 0 Å². The van der Waals surface area contributed by atoms with E-state index in [0.29, 0.717) is 47.7 Å². The van der Waals surface area contributed by atoms with Crippen LogP contribution in [-0.2, 0) is 0 Å². The van der Waals surface area contributed by atoms with Crippen molar-refractivity contribution in [1.82, 2.24) is 4.98 Å². The molecule has 0 unspecified atom stereocenters. The van der Waals surface area contributed by atoms with E-state index >= 15 is 0 Å². The topological polar surface area (TPSA) is 71.2 Å². The molecule has 0 saturated carbocycles. The first-order chi connectivity index (χ1) is 12.2. The van der Waals surface area contributed by atoms with E-state index in [0.717, 1.165) is 21.8 Å². The van der Waals surface area contributed by atoms with Crippen LogP contribution in [0.5, 0.6) is 34.5 Å². The lowest BCUT2D eigenvalue weighted by molar-refractivity contribution is 0.173. The van der Waals surface area contributed by atoms with E-state index in [9.17, 15) is 0 Å². The maximum absolute atomic E-state index is 5.90. The monoisotopic (exact) mass is 345 g/mol. The Labute approximate surface area is 144 Å². The Hall–Kier alpha value is -2.96. The van der Waals surface area contributed by atoms with Gasteiger partial charge in [0.1, 0.15) is 19.0 Å². The van der Waals surface area contributed by atoms with Crippen LogP contribution < -0.4 is 28.4 Å². The zero-order valence-corrected chi connectivity index (χ0v) is 14.5. The van der Waals surface area contributed by atoms with Crippen LogP contribution in [0.3, 0.4) is 0 Å². The minimum Gasteiger partial charge on any atom is -0.494 e. The van der Waals surface area contributed by atoms with Gasteiger partial charge in [0.05, 0.1) is 50.2 Å². The molecule has 7 nitrogen and oxygen atoms in total. The van der Waals surface area contributed by atoms with Gasteiger partial charge >= 0.3 is 0 Å². The summed E-state index contributed by atoms with van der Waals surface area (Å²) in [4.78, 5) is 3.37. The summed E-state index contributed by atoms with van der Waals surface area (Å²) in [5, 5.41) is 1.66. The highest BCUT2D eigenvalue weighted by atomic mass is 16.6. The highest BCUT2D eigenvalue weighted by Gasteiger charge is 2.27. The maximum atomic E-state index is 5.90. The Balaban J connectivity index is 2.21. The van der Waals surface area contributed by atoms with Gasteiger partial charge in [-0.1, -0.05) is 0 Å². The number of H-pyrrole nitrogens is 1. The first-order valence-corrected chi connectivity index (χ1v) is 7.84. The molecule has 7 heteroatoms. The molecule has 4 rings (SSSR count). The lowest BCUT2D eigenvalue weighted by atomic mass is 10.1. The molecule has 0 amide bonds. The molecule has 0 aliphatic carbocycles. The molecule has 0 bridgehead atoms. The lowest BCUT2D eigenvalue weighted by Crippen LogP contribution is -2.15. The highest BCUT2D eigenvalue weighted by molar-refractivity contribution is 6.17. The summed E-state index contributed by atoms with van der Waals surface area (Å²) in [6, 6.07) is 3.69. The summed E-state index contributed by atoms with van der Waals surface area (Å²) in [5.74, 6) is 3.63. The predicted molar refractivity (Wildman–Crippen MR) is 93.0 cm³/mol. The standard InChI is InChI=1S/C18H19NO6/c1-20-10-8-12-16(25-6-5-24-12)14-13-9(19-15(10)14)7-11(21-2)17(22-3)18(13)23-4/h7-8,19H,5-6H2,1-4H3. The molecule has 1 aliphatic heterocycles. The number of rotatable bonds is 4. The minimum absolute atomic E-state index is 0.483. The second kappa shape index (κ2) is 5.84. The van der Waals surface area contributed by atoms with Gasteiger partial charge in [-0.05, 0) is 0 Å². The van der Waals surface area contributed by atoms with Crippen LogP contribution in [0.1, 0.15) is 0 Å². The lowest BCUT2D eigenvalue weighted by Gasteiger charge is -2.20. The molecule has 2 aromatic carbocycles. The number of fused-ring (bicyclic) bond motifs is 5. The van der Waals surface area contributed by atoms with Crippen molar-refractivity contribution in [3.63, 3.8) is 0 Å². The number of methoxy groups -OCH3 is 4. The SMILES string of the molecule is COc1cc2[nH]c3c(OC)cc4c(c3c2c(OC)c1OC)OCCO4. The van der Waals surface area contributed by atoms with E-state index in [-0.39, 0.29) is 0 Å². The Bertz CT molecular complexity index is 962. The maximum Gasteiger partial charge on any atom is 0.204 e. The number of benzene rings is 2. The molecule has 0 radical (unpaired) electrons. The number of hydrogen-bond donors (Lipinski definition) is 1. The largest absolute Gasteiger partial charge is 0.494 e. The molecular formula is C18H19NO6. The molecule has 1 aliphatic rings. The molecule has 1 N–H and O–H groups in total. The number of aromatic nitrogens is 1. The second-order valence-electron chi connectivity index (χ2n) is 5.55. The summed E-state index contributed by atoms with van der Waals surface area (Å²) in [7, 11) is 6.39. The minimum atomic E-state index is 0.483. The van der Waals surface area contributed by atoms with Crippen molar-refractivity contribution in [2.45, 2.75) is 0 Å². The van der Waals surface area contributed by atoms with Crippen LogP contribution in [0.25, 0.3) is 21.8 Å². The molecule has 0 spiro atoms. The first kappa shape index (κ1) is 15.6. The number of nitrogens with one attached hydrogen (secondary N) is 1. The van der Waals surface area contributed by atoms with Crippen LogP contribution in [0.2, 0.25) is 0 Å². The molecular weight excluding hydrogens is 326 g/mol. The van der Waals surface area contributed by atoms with Crippen molar-refractivity contribution in [1.29, 1.82) is 0 Å². The van der Waals surface area contributed by atoms with Crippen molar-refractivity contribution >= 4 is 21.8 Å². The van der Waals surface area contributed by atoms with Gasteiger partial charge in [0, 0.05) is 12.1 Å². The van der Waals surface area contributed by atoms with Crippen molar-refractivity contribution < 1.29 is 28.4 Å². The number of aromatic amines is 1. The van der Waals surface area contributed by atoms with Gasteiger partial charge in [0.25, 0.3) is 0 Å². The molecule has 0 fully saturated rings. The van der Waals surface area contributed by atoms with Gasteiger partial charge in [-0.15, -0.1) is 0 Å². The molecule has 0 atom stereocenters. The molecule has 3 aromatic rings. The van der Waals surface area contributed by atoms with Gasteiger partial charge in [-0.3, -0.25) is 0 Å². The summed E-state index contributed by atoms with van der Waals surface area (Å²) in [5.41, 5.74) is 1.63. The second-order valence-corrected chi connectivity index (χ2v) is 5.55. The van der Waals surface area contributed by atoms with Crippen LogP contribution in [-0.4, -0.2) is 46.6 Å². The van der Waals surface area contributed by atoms with Gasteiger partial charge in [0.2, 0.25) is 5.75 Å². The average Bonchev–Trinajstić information content (AvgIpc) is 3.04. The highest BCUT2D eigenvalue weighted by Crippen LogP contribution is 2.52. The quantitative estimate of drug-likeness (QED) is 0.783. The van der Waals surface area contributed by atoms with E-state index < -0.39 is 0 Å². The van der Waals surface area contributed by atoms with E-state index in [1.807, 2.05) is 12.1 Å². The first-order valence-electron chi connectivity index (χ1n) is 7.84. The zero-order chi connectivity index (χ0) is 17.6. The average molecular weight is 345 g/mol. The fraction of sp³-hybridized carbons (Fsp3) is 0.333. The van der Waals surface area contributed by atoms with E-state index in [1.54, 1.807) is 28.4 Å². The van der Waals surface area contributed by atoms with E-state index in [4.69, 9.17) is 28.4 Å². The Morgan fingerprint density at radius 3 is 2.20 bits per heavy atom. The van der Waals surface area contributed by atoms with Crippen molar-refractivity contribution in [3.05, 3.63) is 12.1 Å². The van der Waals surface area contributed by atoms with Gasteiger partial charge < -0.3 is 33.4 Å². The third kappa shape index (κ3) is 2.12. The van der Waals surface area contributed by atoms with E-state index in [1.165, 1.54) is 0 Å². The fourth-order valence-electron chi connectivity index (χ4n) is 3.32. The van der Waals surface area contributed by atoms with Crippen LogP contribution in [0, 0.1) is 0 Å². The van der Waals surface area contributed by atoms with Crippen molar-refractivity contribution in [2.75, 3.05) is 41.7 Å². The van der Waals surface area contributed by atoms with Crippen molar-refractivity contribution in [3.8, 4) is 34.5 Å². The Morgan fingerprint density at radius 2 is 1.52 bits per heavy atom. The van der Waals surface area contributed by atoms with Crippen LogP contribution in [0.4, 0.5) is 0 Å². The molecule has 1 aromatic heterocycles. The summed E-state index contributed by atoms with van der Waals surface area (Å²) >= 11 is 0. The zero-order valence-electron chi connectivity index (χ0n) is 14.5. The van der Waals surface area contributed by atoms with Crippen molar-refractivity contribution in [2.24, 2.45) is 0 Å². The number of hydrogen-bond acceptors (Lipinski definition) is 6. The Kier molecular flexibility index (Phi) is 3.63. The van der Waals surface area contributed by atoms with Gasteiger partial charge in [-0.25, -0.2) is 0 Å². The van der Waals surface area contributed by atoms with Gasteiger partial charge in [0.15, 0.2) is 23.0 Å². The predicted octanol–water partition coefficient (Wildman–Crippen LogP) is 3.13. The van der Waals surface area contributed by atoms with E-state index in [2.05, 4.69) is 4.98 Å². The Morgan fingerprint density at radius 1 is 0.800 bits per heavy atom. The van der Waals surface area contributed by atoms with Gasteiger partial charge in [-0.2, -0.15) is 0 Å². The van der Waals surface area contributed by atoms with Crippen LogP contribution in [0.15, 0.2) is 12.1 Å². The third-order valence-corrected chi connectivity index (χ3v) is 4.36. The number of ether oxygens (including phenoxy) is 6. The molecule has 132 valence electrons. The third-order valence-electron chi connectivity index (χ3n) is 4.36. The molecule has 2 heterocycles. The summed E-state index contributed by atoms with van der Waals surface area (Å²) in [6.45, 7) is 0.981. The molecule has 25 heavy (non-hydrogen) atoms. The fourth-order valence-corrected chi connectivity index (χ4v) is 3.32. The summed E-state index contributed by atoms with van der Waals surface area (Å²) in [6.07, 6.45) is 0. The summed E-state index contributed by atoms with van der Waals surface area (Å²) < 4.78 is 33.8.